The summed E-state index contributed by atoms with van der Waals surface area (Å²) in [6.07, 6.45) is 4.10. The van der Waals surface area contributed by atoms with Crippen LogP contribution in [0.1, 0.15) is 5.56 Å². The molecule has 7 heteroatoms. The van der Waals surface area contributed by atoms with E-state index in [1.165, 1.54) is 16.2 Å². The van der Waals surface area contributed by atoms with Crippen LogP contribution in [0.15, 0.2) is 204 Å². The van der Waals surface area contributed by atoms with Crippen molar-refractivity contribution in [1.82, 2.24) is 4.57 Å². The Bertz CT molecular complexity index is 3110. The molecule has 1 aliphatic rings. The number of fused-ring (bicyclic) bond motifs is 5. The highest BCUT2D eigenvalue weighted by Gasteiger charge is 2.28. The summed E-state index contributed by atoms with van der Waals surface area (Å²) >= 11 is 4.52. The summed E-state index contributed by atoms with van der Waals surface area (Å²) < 4.78 is 17.6. The molecular formula is C54H40N4O2S. The van der Waals surface area contributed by atoms with E-state index in [2.05, 4.69) is 184 Å². The lowest BCUT2D eigenvalue weighted by Crippen LogP contribution is -2.30. The maximum absolute atomic E-state index is 9.80. The summed E-state index contributed by atoms with van der Waals surface area (Å²) in [6.45, 7) is 0. The van der Waals surface area contributed by atoms with Crippen LogP contribution in [0.3, 0.4) is 0 Å². The predicted octanol–water partition coefficient (Wildman–Crippen LogP) is 13.7. The highest BCUT2D eigenvalue weighted by atomic mass is 32.1. The van der Waals surface area contributed by atoms with Gasteiger partial charge in [-0.2, -0.15) is 0 Å². The molecule has 294 valence electrons. The van der Waals surface area contributed by atoms with E-state index in [0.717, 1.165) is 78.4 Å². The highest BCUT2D eigenvalue weighted by molar-refractivity contribution is 7.79. The largest absolute Gasteiger partial charge is 0.497 e. The van der Waals surface area contributed by atoms with Gasteiger partial charge in [0.05, 0.1) is 31.0 Å². The van der Waals surface area contributed by atoms with Crippen LogP contribution in [-0.4, -0.2) is 30.2 Å². The van der Waals surface area contributed by atoms with Crippen LogP contribution in [0.4, 0.5) is 11.4 Å². The molecule has 1 N–H and O–H groups in total. The number of allylic oxidation sites excluding steroid dienone is 4. The van der Waals surface area contributed by atoms with Crippen molar-refractivity contribution < 1.29 is 9.47 Å². The molecule has 0 fully saturated rings. The van der Waals surface area contributed by atoms with E-state index >= 15 is 0 Å². The zero-order valence-corrected chi connectivity index (χ0v) is 34.5. The van der Waals surface area contributed by atoms with Crippen LogP contribution in [0, 0.1) is 5.41 Å². The van der Waals surface area contributed by atoms with Crippen LogP contribution in [-0.2, 0) is 0 Å². The second-order valence-electron chi connectivity index (χ2n) is 14.9. The Morgan fingerprint density at radius 1 is 0.525 bits per heavy atom. The Balaban J connectivity index is 1.10. The molecule has 0 bridgehead atoms. The van der Waals surface area contributed by atoms with Gasteiger partial charge in [-0.3, -0.25) is 5.41 Å². The van der Waals surface area contributed by atoms with Crippen molar-refractivity contribution in [3.05, 3.63) is 205 Å². The molecule has 0 spiro atoms. The first-order chi connectivity index (χ1) is 30.0. The van der Waals surface area contributed by atoms with Gasteiger partial charge < -0.3 is 18.9 Å². The third-order valence-electron chi connectivity index (χ3n) is 11.6. The summed E-state index contributed by atoms with van der Waals surface area (Å²) in [5.41, 5.74) is 12.6. The van der Waals surface area contributed by atoms with Crippen molar-refractivity contribution in [3.63, 3.8) is 0 Å². The first-order valence-electron chi connectivity index (χ1n) is 20.1. The van der Waals surface area contributed by atoms with Crippen LogP contribution in [0.2, 0.25) is 0 Å². The van der Waals surface area contributed by atoms with E-state index in [0.29, 0.717) is 11.4 Å². The van der Waals surface area contributed by atoms with E-state index in [4.69, 9.17) is 9.47 Å². The van der Waals surface area contributed by atoms with Crippen molar-refractivity contribution in [1.29, 1.82) is 5.41 Å². The van der Waals surface area contributed by atoms with Gasteiger partial charge in [0, 0.05) is 33.4 Å². The van der Waals surface area contributed by atoms with E-state index in [9.17, 15) is 5.41 Å². The van der Waals surface area contributed by atoms with Gasteiger partial charge in [0.25, 0.3) is 0 Å². The molecule has 9 aromatic rings. The first kappa shape index (κ1) is 37.6. The van der Waals surface area contributed by atoms with Crippen molar-refractivity contribution in [2.45, 2.75) is 0 Å². The number of benzene rings is 8. The maximum atomic E-state index is 9.80. The Labute approximate surface area is 360 Å². The molecule has 0 aliphatic heterocycles. The number of nitrogens with one attached hydrogen (secondary N) is 1. The molecule has 0 amide bonds. The number of nitrogens with zero attached hydrogens (tertiary/aromatic N) is 3. The standard InChI is InChI=1S/C54H40N4O2S/c1-59-44-26-16-37(17-27-44)35-12-22-42(23-13-35)57(43-24-14-36(15-25-43)38-18-28-45(60-2)29-19-38)50-33-31-47(54(56-61)53(50)55)40-20-30-48-51(34-40)58(41-9-4-3-5-10-41)49-32-21-39-8-6-7-11-46(39)52(48)49/h3-34,55,61H,1-2H3. The summed E-state index contributed by atoms with van der Waals surface area (Å²) in [4.78, 5) is 2.12. The molecule has 10 rings (SSSR count). The summed E-state index contributed by atoms with van der Waals surface area (Å²) in [7, 11) is 3.35. The zero-order chi connectivity index (χ0) is 41.5. The fraction of sp³-hybridized carbons (Fsp3) is 0.0370. The van der Waals surface area contributed by atoms with Gasteiger partial charge in [0.1, 0.15) is 22.9 Å². The maximum Gasteiger partial charge on any atom is 0.118 e. The minimum Gasteiger partial charge on any atom is -0.497 e. The first-order valence-corrected chi connectivity index (χ1v) is 20.5. The van der Waals surface area contributed by atoms with Crippen LogP contribution in [0.25, 0.3) is 66.1 Å². The number of thiol groups is 1. The van der Waals surface area contributed by atoms with Gasteiger partial charge in [0.15, 0.2) is 0 Å². The third-order valence-corrected chi connectivity index (χ3v) is 11.8. The quantitative estimate of drug-likeness (QED) is 0.113. The monoisotopic (exact) mass is 808 g/mol. The number of aromatic nitrogens is 1. The molecular weight excluding hydrogens is 769 g/mol. The lowest BCUT2D eigenvalue weighted by molar-refractivity contribution is 0.415. The molecule has 0 saturated carbocycles. The Morgan fingerprint density at radius 2 is 1.07 bits per heavy atom. The van der Waals surface area contributed by atoms with Gasteiger partial charge in [0.2, 0.25) is 0 Å². The van der Waals surface area contributed by atoms with Crippen LogP contribution < -0.4 is 14.4 Å². The highest BCUT2D eigenvalue weighted by Crippen LogP contribution is 2.40. The smallest absolute Gasteiger partial charge is 0.118 e. The molecule has 0 radical (unpaired) electrons. The average Bonchev–Trinajstić information content (AvgIpc) is 3.67. The molecule has 6 nitrogen and oxygen atoms in total. The van der Waals surface area contributed by atoms with Gasteiger partial charge in [-0.25, -0.2) is 4.40 Å². The van der Waals surface area contributed by atoms with Crippen molar-refractivity contribution in [2.24, 2.45) is 4.40 Å². The Morgan fingerprint density at radius 3 is 1.64 bits per heavy atom. The molecule has 0 unspecified atom stereocenters. The topological polar surface area (TPSA) is 62.8 Å². The molecule has 1 heterocycles. The number of ether oxygens (including phenoxy) is 2. The number of rotatable bonds is 9. The number of hydrogen-bond acceptors (Lipinski definition) is 6. The lowest BCUT2D eigenvalue weighted by atomic mass is 9.90. The van der Waals surface area contributed by atoms with Crippen molar-refractivity contribution in [2.75, 3.05) is 19.1 Å². The van der Waals surface area contributed by atoms with Crippen LogP contribution in [0.5, 0.6) is 11.5 Å². The van der Waals surface area contributed by atoms with Crippen LogP contribution >= 0.6 is 12.8 Å². The summed E-state index contributed by atoms with van der Waals surface area (Å²) in [6, 6.07) is 63.0. The number of methoxy groups -OCH3 is 2. The van der Waals surface area contributed by atoms with Gasteiger partial charge in [-0.1, -0.05) is 109 Å². The fourth-order valence-electron chi connectivity index (χ4n) is 8.51. The van der Waals surface area contributed by atoms with E-state index < -0.39 is 0 Å². The number of hydrogen-bond donors (Lipinski definition) is 2. The fourth-order valence-corrected chi connectivity index (χ4v) is 8.72. The van der Waals surface area contributed by atoms with E-state index in [1.54, 1.807) is 14.2 Å². The van der Waals surface area contributed by atoms with Crippen molar-refractivity contribution in [3.8, 4) is 39.4 Å². The van der Waals surface area contributed by atoms with E-state index in [-0.39, 0.29) is 5.71 Å². The molecule has 0 atom stereocenters. The molecule has 1 aromatic heterocycles. The predicted molar refractivity (Wildman–Crippen MR) is 257 cm³/mol. The molecule has 8 aromatic carbocycles. The second-order valence-corrected chi connectivity index (χ2v) is 15.1. The molecule has 61 heavy (non-hydrogen) atoms. The number of para-hydroxylation sites is 1. The Hall–Kier alpha value is -7.61. The van der Waals surface area contributed by atoms with E-state index in [1.807, 2.05) is 36.4 Å². The summed E-state index contributed by atoms with van der Waals surface area (Å²) in [5, 5.41) is 14.6. The van der Waals surface area contributed by atoms with Crippen molar-refractivity contribution >= 4 is 73.8 Å². The second kappa shape index (κ2) is 15.9. The average molecular weight is 809 g/mol. The lowest BCUT2D eigenvalue weighted by Gasteiger charge is -2.31. The SMILES string of the molecule is COc1ccc(-c2ccc(N(C3=CC=C(c4ccc5c6c7ccccc7ccc6n(-c6ccccc6)c5c4)C(=NS)C3=N)c3ccc(-c4ccc(OC)cc4)cc3)cc2)cc1. The molecule has 0 saturated heterocycles. The number of anilines is 2. The Kier molecular flexibility index (Phi) is 9.79. The van der Waals surface area contributed by atoms with Gasteiger partial charge >= 0.3 is 0 Å². The minimum atomic E-state index is 0.264. The zero-order valence-electron chi connectivity index (χ0n) is 33.6. The van der Waals surface area contributed by atoms with Gasteiger partial charge in [-0.15, -0.1) is 0 Å². The minimum absolute atomic E-state index is 0.264. The normalized spacial score (nSPS) is 13.4. The molecule has 1 aliphatic carbocycles. The third kappa shape index (κ3) is 6.75. The van der Waals surface area contributed by atoms with Gasteiger partial charge in [-0.05, 0) is 136 Å². The summed E-state index contributed by atoms with van der Waals surface area (Å²) in [5.74, 6) is 1.63.